The van der Waals surface area contributed by atoms with Crippen LogP contribution in [-0.4, -0.2) is 26.0 Å². The van der Waals surface area contributed by atoms with Gasteiger partial charge in [-0.15, -0.1) is 10.2 Å². The molecule has 5 rings (SSSR count). The number of amides is 1. The van der Waals surface area contributed by atoms with Crippen LogP contribution in [-0.2, 0) is 11.3 Å². The maximum atomic E-state index is 13.2. The molecule has 1 aliphatic heterocycles. The average Bonchev–Trinajstić information content (AvgIpc) is 3.47. The number of nitrogens with one attached hydrogen (secondary N) is 2. The van der Waals surface area contributed by atoms with E-state index in [1.807, 2.05) is 48.0 Å². The van der Waals surface area contributed by atoms with Crippen molar-refractivity contribution in [2.75, 3.05) is 5.43 Å². The maximum absolute atomic E-state index is 13.2. The van der Waals surface area contributed by atoms with Gasteiger partial charge in [-0.05, 0) is 24.6 Å². The highest BCUT2D eigenvalue weighted by molar-refractivity contribution is 8.00. The second-order valence-electron chi connectivity index (χ2n) is 7.36. The highest BCUT2D eigenvalue weighted by atomic mass is 32.2. The van der Waals surface area contributed by atoms with Crippen LogP contribution in [0.4, 0.5) is 0 Å². The summed E-state index contributed by atoms with van der Waals surface area (Å²) >= 11 is 1.41. The molecule has 2 N–H and O–H groups in total. The molecular weight excluding hydrogens is 410 g/mol. The van der Waals surface area contributed by atoms with Crippen molar-refractivity contribution in [2.24, 2.45) is 0 Å². The van der Waals surface area contributed by atoms with Gasteiger partial charge >= 0.3 is 0 Å². The first-order valence-corrected chi connectivity index (χ1v) is 10.9. The SMILES string of the molecule is Cc1ccc(C2Nn3c(nnc3-c3ccccc3)SC2C(=O)NCc2ccco2)cc1. The first-order chi connectivity index (χ1) is 15.2. The van der Waals surface area contributed by atoms with Gasteiger partial charge in [0.05, 0.1) is 18.8 Å². The van der Waals surface area contributed by atoms with E-state index in [1.165, 1.54) is 17.3 Å². The molecule has 2 atom stereocenters. The van der Waals surface area contributed by atoms with Crippen molar-refractivity contribution >= 4 is 17.7 Å². The lowest BCUT2D eigenvalue weighted by Gasteiger charge is -2.33. The Balaban J connectivity index is 1.47. The number of benzene rings is 2. The van der Waals surface area contributed by atoms with Crippen LogP contribution in [0.3, 0.4) is 0 Å². The van der Waals surface area contributed by atoms with Crippen LogP contribution < -0.4 is 10.7 Å². The molecule has 156 valence electrons. The minimum atomic E-state index is -0.419. The molecule has 1 amide bonds. The molecule has 31 heavy (non-hydrogen) atoms. The Bertz CT molecular complexity index is 1170. The number of carbonyl (C=O) groups is 1. The molecule has 0 aliphatic carbocycles. The monoisotopic (exact) mass is 431 g/mol. The van der Waals surface area contributed by atoms with Crippen LogP contribution in [0.2, 0.25) is 0 Å². The lowest BCUT2D eigenvalue weighted by molar-refractivity contribution is -0.121. The number of rotatable bonds is 5. The molecule has 0 saturated heterocycles. The summed E-state index contributed by atoms with van der Waals surface area (Å²) < 4.78 is 7.22. The predicted molar refractivity (Wildman–Crippen MR) is 119 cm³/mol. The van der Waals surface area contributed by atoms with Crippen LogP contribution in [0.25, 0.3) is 11.4 Å². The van der Waals surface area contributed by atoms with Gasteiger partial charge in [0.1, 0.15) is 11.0 Å². The molecule has 0 spiro atoms. The minimum Gasteiger partial charge on any atom is -0.467 e. The molecule has 2 unspecified atom stereocenters. The standard InChI is InChI=1S/C23H21N5O2S/c1-15-9-11-16(12-10-15)19-20(22(29)24-14-18-8-5-13-30-18)31-23-26-25-21(28(23)27-19)17-6-3-2-4-7-17/h2-13,19-20,27H,14H2,1H3,(H,24,29). The number of hydrogen-bond acceptors (Lipinski definition) is 6. The molecule has 0 saturated carbocycles. The zero-order chi connectivity index (χ0) is 21.2. The van der Waals surface area contributed by atoms with E-state index < -0.39 is 5.25 Å². The van der Waals surface area contributed by atoms with Crippen LogP contribution in [0.1, 0.15) is 22.9 Å². The lowest BCUT2D eigenvalue weighted by atomic mass is 10.0. The van der Waals surface area contributed by atoms with E-state index in [-0.39, 0.29) is 11.9 Å². The van der Waals surface area contributed by atoms with Crippen molar-refractivity contribution in [2.45, 2.75) is 29.9 Å². The van der Waals surface area contributed by atoms with Gasteiger partial charge in [-0.1, -0.05) is 71.9 Å². The van der Waals surface area contributed by atoms with Crippen molar-refractivity contribution in [3.05, 3.63) is 89.9 Å². The number of carbonyl (C=O) groups excluding carboxylic acids is 1. The molecule has 0 fully saturated rings. The fraction of sp³-hybridized carbons (Fsp3) is 0.174. The van der Waals surface area contributed by atoms with Gasteiger partial charge in [0, 0.05) is 5.56 Å². The van der Waals surface area contributed by atoms with Crippen molar-refractivity contribution < 1.29 is 9.21 Å². The molecule has 2 aromatic heterocycles. The van der Waals surface area contributed by atoms with Gasteiger partial charge in [0.2, 0.25) is 11.1 Å². The van der Waals surface area contributed by atoms with Crippen molar-refractivity contribution in [3.8, 4) is 11.4 Å². The Morgan fingerprint density at radius 1 is 1.10 bits per heavy atom. The molecular formula is C23H21N5O2S. The maximum Gasteiger partial charge on any atom is 0.236 e. The van der Waals surface area contributed by atoms with Crippen LogP contribution in [0, 0.1) is 6.92 Å². The highest BCUT2D eigenvalue weighted by Gasteiger charge is 2.38. The van der Waals surface area contributed by atoms with Gasteiger partial charge in [-0.25, -0.2) is 4.68 Å². The summed E-state index contributed by atoms with van der Waals surface area (Å²) in [5.41, 5.74) is 6.64. The Morgan fingerprint density at radius 3 is 2.65 bits per heavy atom. The number of fused-ring (bicyclic) bond motifs is 1. The summed E-state index contributed by atoms with van der Waals surface area (Å²) in [4.78, 5) is 13.2. The Hall–Kier alpha value is -3.52. The molecule has 3 heterocycles. The Morgan fingerprint density at radius 2 is 1.90 bits per heavy atom. The molecule has 8 heteroatoms. The predicted octanol–water partition coefficient (Wildman–Crippen LogP) is 3.92. The van der Waals surface area contributed by atoms with Gasteiger partial charge in [0.25, 0.3) is 0 Å². The number of hydrogen-bond donors (Lipinski definition) is 2. The largest absolute Gasteiger partial charge is 0.467 e. The van der Waals surface area contributed by atoms with E-state index >= 15 is 0 Å². The summed E-state index contributed by atoms with van der Waals surface area (Å²) in [5, 5.41) is 11.9. The van der Waals surface area contributed by atoms with Crippen LogP contribution in [0.5, 0.6) is 0 Å². The summed E-state index contributed by atoms with van der Waals surface area (Å²) in [5.74, 6) is 1.34. The molecule has 0 bridgehead atoms. The van der Waals surface area contributed by atoms with E-state index in [9.17, 15) is 4.79 Å². The van der Waals surface area contributed by atoms with Crippen molar-refractivity contribution in [1.82, 2.24) is 20.2 Å². The third-order valence-electron chi connectivity index (χ3n) is 5.18. The van der Waals surface area contributed by atoms with E-state index in [2.05, 4.69) is 45.2 Å². The fourth-order valence-corrected chi connectivity index (χ4v) is 4.65. The molecule has 2 aromatic carbocycles. The summed E-state index contributed by atoms with van der Waals surface area (Å²) in [7, 11) is 0. The third kappa shape index (κ3) is 3.94. The zero-order valence-electron chi connectivity index (χ0n) is 16.9. The first kappa shape index (κ1) is 19.4. The topological polar surface area (TPSA) is 85.0 Å². The van der Waals surface area contributed by atoms with Crippen molar-refractivity contribution in [1.29, 1.82) is 0 Å². The van der Waals surface area contributed by atoms with Crippen LogP contribution in [0.15, 0.2) is 82.6 Å². The summed E-state index contributed by atoms with van der Waals surface area (Å²) in [6.07, 6.45) is 1.60. The normalized spacial score (nSPS) is 17.6. The lowest BCUT2D eigenvalue weighted by Crippen LogP contribution is -2.43. The molecule has 0 radical (unpaired) electrons. The summed E-state index contributed by atoms with van der Waals surface area (Å²) in [6, 6.07) is 21.5. The smallest absolute Gasteiger partial charge is 0.236 e. The third-order valence-corrected chi connectivity index (χ3v) is 6.40. The second kappa shape index (κ2) is 8.31. The molecule has 7 nitrogen and oxygen atoms in total. The number of aryl methyl sites for hydroxylation is 1. The quantitative estimate of drug-likeness (QED) is 0.498. The van der Waals surface area contributed by atoms with Crippen LogP contribution >= 0.6 is 11.8 Å². The zero-order valence-corrected chi connectivity index (χ0v) is 17.7. The number of thioether (sulfide) groups is 1. The van der Waals surface area contributed by atoms with Gasteiger partial charge in [-0.3, -0.25) is 4.79 Å². The Labute approximate surface area is 183 Å². The highest BCUT2D eigenvalue weighted by Crippen LogP contribution is 2.38. The Kier molecular flexibility index (Phi) is 5.21. The molecule has 4 aromatic rings. The second-order valence-corrected chi connectivity index (χ2v) is 8.47. The average molecular weight is 432 g/mol. The number of aromatic nitrogens is 3. The number of nitrogens with zero attached hydrogens (tertiary/aromatic N) is 3. The first-order valence-electron chi connectivity index (χ1n) is 10.00. The van der Waals surface area contributed by atoms with E-state index in [1.54, 1.807) is 12.3 Å². The van der Waals surface area contributed by atoms with Gasteiger partial charge in [-0.2, -0.15) is 0 Å². The summed E-state index contributed by atoms with van der Waals surface area (Å²) in [6.45, 7) is 2.39. The van der Waals surface area contributed by atoms with Gasteiger partial charge in [0.15, 0.2) is 5.82 Å². The van der Waals surface area contributed by atoms with E-state index in [0.29, 0.717) is 17.5 Å². The van der Waals surface area contributed by atoms with Crippen molar-refractivity contribution in [3.63, 3.8) is 0 Å². The number of furan rings is 1. The van der Waals surface area contributed by atoms with E-state index in [0.717, 1.165) is 17.0 Å². The minimum absolute atomic E-state index is 0.0880. The van der Waals surface area contributed by atoms with E-state index in [4.69, 9.17) is 4.42 Å². The molecule has 1 aliphatic rings. The fourth-order valence-electron chi connectivity index (χ4n) is 3.54. The van der Waals surface area contributed by atoms with Gasteiger partial charge < -0.3 is 15.2 Å².